The Balaban J connectivity index is 1.50. The van der Waals surface area contributed by atoms with Gasteiger partial charge in [-0.25, -0.2) is 9.97 Å². The van der Waals surface area contributed by atoms with Crippen LogP contribution < -0.4 is 0 Å². The van der Waals surface area contributed by atoms with Crippen molar-refractivity contribution in [2.45, 2.75) is 12.8 Å². The summed E-state index contributed by atoms with van der Waals surface area (Å²) in [7, 11) is 0. The molecule has 0 atom stereocenters. The summed E-state index contributed by atoms with van der Waals surface area (Å²) in [5.41, 5.74) is 4.47. The first kappa shape index (κ1) is 16.0. The molecule has 0 amide bonds. The van der Waals surface area contributed by atoms with Gasteiger partial charge in [0.25, 0.3) is 0 Å². The van der Waals surface area contributed by atoms with Gasteiger partial charge in [-0.05, 0) is 49.2 Å². The Morgan fingerprint density at radius 3 is 2.00 bits per heavy atom. The van der Waals surface area contributed by atoms with Crippen LogP contribution in [0.2, 0.25) is 0 Å². The summed E-state index contributed by atoms with van der Waals surface area (Å²) in [6, 6.07) is 17.7. The van der Waals surface area contributed by atoms with E-state index in [4.69, 9.17) is 4.98 Å². The maximum atomic E-state index is 4.71. The first-order valence-electron chi connectivity index (χ1n) is 8.36. The average Bonchev–Trinajstić information content (AvgIpc) is 2.74. The summed E-state index contributed by atoms with van der Waals surface area (Å²) in [4.78, 5) is 17.9. The van der Waals surface area contributed by atoms with Gasteiger partial charge in [0, 0.05) is 23.8 Å². The van der Waals surface area contributed by atoms with Crippen LogP contribution in [0.4, 0.5) is 0 Å². The third-order valence-corrected chi connectivity index (χ3v) is 3.89. The number of hydrogen-bond acceptors (Lipinski definition) is 6. The van der Waals surface area contributed by atoms with E-state index in [9.17, 15) is 0 Å². The van der Waals surface area contributed by atoms with Crippen molar-refractivity contribution in [3.8, 4) is 22.9 Å². The van der Waals surface area contributed by atoms with Gasteiger partial charge < -0.3 is 0 Å². The molecule has 4 heterocycles. The minimum absolute atomic E-state index is 0.532. The molecule has 0 N–H and O–H groups in total. The molecule has 6 nitrogen and oxygen atoms in total. The van der Waals surface area contributed by atoms with Gasteiger partial charge in [0.05, 0.1) is 17.6 Å². The molecule has 0 saturated heterocycles. The smallest absolute Gasteiger partial charge is 0.200 e. The molecule has 0 aliphatic heterocycles. The van der Waals surface area contributed by atoms with Crippen LogP contribution in [0.5, 0.6) is 0 Å². The molecule has 0 bridgehead atoms. The lowest BCUT2D eigenvalue weighted by Crippen LogP contribution is -2.00. The van der Waals surface area contributed by atoms with E-state index in [0.717, 1.165) is 41.3 Å². The summed E-state index contributed by atoms with van der Waals surface area (Å²) >= 11 is 0. The van der Waals surface area contributed by atoms with Crippen molar-refractivity contribution in [2.75, 3.05) is 0 Å². The number of pyridine rings is 3. The van der Waals surface area contributed by atoms with E-state index < -0.39 is 0 Å². The Morgan fingerprint density at radius 2 is 1.31 bits per heavy atom. The van der Waals surface area contributed by atoms with Gasteiger partial charge in [0.15, 0.2) is 5.82 Å². The van der Waals surface area contributed by atoms with Crippen LogP contribution in [0, 0.1) is 0 Å². The zero-order valence-corrected chi connectivity index (χ0v) is 14.0. The third kappa shape index (κ3) is 3.75. The molecule has 0 aromatic carbocycles. The summed E-state index contributed by atoms with van der Waals surface area (Å²) in [6.07, 6.45) is 6.52. The molecule has 0 fully saturated rings. The molecular formula is C20H16N6. The fourth-order valence-corrected chi connectivity index (χ4v) is 2.64. The molecule has 0 unspecified atom stereocenters. The molecule has 0 aliphatic carbocycles. The second kappa shape index (κ2) is 7.57. The van der Waals surface area contributed by atoms with E-state index in [1.165, 1.54) is 0 Å². The summed E-state index contributed by atoms with van der Waals surface area (Å²) in [5.74, 6) is 0.532. The molecule has 26 heavy (non-hydrogen) atoms. The molecule has 0 saturated carbocycles. The van der Waals surface area contributed by atoms with E-state index in [0.29, 0.717) is 5.82 Å². The fourth-order valence-electron chi connectivity index (χ4n) is 2.64. The maximum Gasteiger partial charge on any atom is 0.200 e. The zero-order valence-electron chi connectivity index (χ0n) is 14.0. The topological polar surface area (TPSA) is 77.3 Å². The second-order valence-corrected chi connectivity index (χ2v) is 5.71. The lowest BCUT2D eigenvalue weighted by molar-refractivity contribution is 0.877. The minimum atomic E-state index is 0.532. The predicted molar refractivity (Wildman–Crippen MR) is 97.9 cm³/mol. The highest BCUT2D eigenvalue weighted by molar-refractivity contribution is 5.53. The first-order valence-corrected chi connectivity index (χ1v) is 8.36. The van der Waals surface area contributed by atoms with Crippen molar-refractivity contribution in [3.05, 3.63) is 84.6 Å². The lowest BCUT2D eigenvalue weighted by atomic mass is 10.1. The van der Waals surface area contributed by atoms with Gasteiger partial charge in [-0.1, -0.05) is 18.2 Å². The van der Waals surface area contributed by atoms with Crippen LogP contribution in [0.25, 0.3) is 22.9 Å². The van der Waals surface area contributed by atoms with Crippen molar-refractivity contribution in [3.63, 3.8) is 0 Å². The van der Waals surface area contributed by atoms with E-state index in [1.807, 2.05) is 54.6 Å². The molecule has 126 valence electrons. The third-order valence-electron chi connectivity index (χ3n) is 3.89. The van der Waals surface area contributed by atoms with Gasteiger partial charge in [-0.2, -0.15) is 5.10 Å². The second-order valence-electron chi connectivity index (χ2n) is 5.71. The van der Waals surface area contributed by atoms with Gasteiger partial charge in [-0.15, -0.1) is 5.10 Å². The van der Waals surface area contributed by atoms with Crippen molar-refractivity contribution < 1.29 is 0 Å². The van der Waals surface area contributed by atoms with Gasteiger partial charge in [0.1, 0.15) is 5.69 Å². The van der Waals surface area contributed by atoms with Crippen molar-refractivity contribution in [2.24, 2.45) is 0 Å². The predicted octanol–water partition coefficient (Wildman–Crippen LogP) is 3.18. The quantitative estimate of drug-likeness (QED) is 0.555. The molecule has 0 aliphatic rings. The molecule has 4 rings (SSSR count). The lowest BCUT2D eigenvalue weighted by Gasteiger charge is -2.05. The zero-order chi connectivity index (χ0) is 17.6. The number of aromatic nitrogens is 6. The largest absolute Gasteiger partial charge is 0.255 e. The molecule has 0 radical (unpaired) electrons. The highest BCUT2D eigenvalue weighted by atomic mass is 15.1. The van der Waals surface area contributed by atoms with Crippen LogP contribution >= 0.6 is 0 Å². The van der Waals surface area contributed by atoms with Crippen molar-refractivity contribution in [1.29, 1.82) is 0 Å². The minimum Gasteiger partial charge on any atom is -0.255 e. The molecule has 6 heteroatoms. The average molecular weight is 340 g/mol. The van der Waals surface area contributed by atoms with Crippen LogP contribution in [0.3, 0.4) is 0 Å². The monoisotopic (exact) mass is 340 g/mol. The number of hydrogen-bond donors (Lipinski definition) is 0. The van der Waals surface area contributed by atoms with Crippen LogP contribution in [-0.4, -0.2) is 30.1 Å². The normalized spacial score (nSPS) is 10.6. The summed E-state index contributed by atoms with van der Waals surface area (Å²) < 4.78 is 0. The standard InChI is InChI=1S/C20H16N6/c1-2-12-21-17(7-1)18-8-3-5-15(24-18)10-11-16-6-4-9-19(25-16)20-22-13-14-23-26-20/h1-9,12-14H,10-11H2. The van der Waals surface area contributed by atoms with Crippen LogP contribution in [0.1, 0.15) is 11.4 Å². The summed E-state index contributed by atoms with van der Waals surface area (Å²) in [5, 5.41) is 7.87. The number of rotatable bonds is 5. The Labute approximate surface area is 151 Å². The molecule has 0 spiro atoms. The summed E-state index contributed by atoms with van der Waals surface area (Å²) in [6.45, 7) is 0. The number of nitrogens with zero attached hydrogens (tertiary/aromatic N) is 6. The maximum absolute atomic E-state index is 4.71. The highest BCUT2D eigenvalue weighted by Crippen LogP contribution is 2.15. The molecular weight excluding hydrogens is 324 g/mol. The van der Waals surface area contributed by atoms with Crippen molar-refractivity contribution >= 4 is 0 Å². The van der Waals surface area contributed by atoms with Crippen molar-refractivity contribution in [1.82, 2.24) is 30.1 Å². The van der Waals surface area contributed by atoms with Gasteiger partial charge >= 0.3 is 0 Å². The van der Waals surface area contributed by atoms with Crippen LogP contribution in [0.15, 0.2) is 73.2 Å². The first-order chi connectivity index (χ1) is 12.9. The van der Waals surface area contributed by atoms with Gasteiger partial charge in [-0.3, -0.25) is 9.97 Å². The Kier molecular flexibility index (Phi) is 4.64. The van der Waals surface area contributed by atoms with E-state index in [2.05, 4.69) is 25.1 Å². The Hall–Kier alpha value is -3.54. The van der Waals surface area contributed by atoms with E-state index in [-0.39, 0.29) is 0 Å². The highest BCUT2D eigenvalue weighted by Gasteiger charge is 2.06. The van der Waals surface area contributed by atoms with Gasteiger partial charge in [0.2, 0.25) is 0 Å². The Bertz CT molecular complexity index is 906. The van der Waals surface area contributed by atoms with E-state index in [1.54, 1.807) is 18.6 Å². The molecule has 4 aromatic heterocycles. The number of aryl methyl sites for hydroxylation is 2. The molecule has 4 aromatic rings. The fraction of sp³-hybridized carbons (Fsp3) is 0.100. The van der Waals surface area contributed by atoms with Crippen LogP contribution in [-0.2, 0) is 12.8 Å². The Morgan fingerprint density at radius 1 is 0.577 bits per heavy atom. The van der Waals surface area contributed by atoms with E-state index >= 15 is 0 Å². The SMILES string of the molecule is c1ccc(-c2cccc(CCc3cccc(-c4nccnn4)n3)n2)nc1.